The van der Waals surface area contributed by atoms with E-state index in [1.54, 1.807) is 24.0 Å². The molecule has 0 bridgehead atoms. The van der Waals surface area contributed by atoms with Crippen molar-refractivity contribution in [3.63, 3.8) is 0 Å². The fourth-order valence-corrected chi connectivity index (χ4v) is 1.83. The Balaban J connectivity index is 0.00000128. The molecule has 1 amide bonds. The van der Waals surface area contributed by atoms with E-state index < -0.39 is 0 Å². The zero-order chi connectivity index (χ0) is 10.7. The van der Waals surface area contributed by atoms with E-state index in [1.807, 2.05) is 0 Å². The molecule has 1 aliphatic rings. The number of amides is 1. The van der Waals surface area contributed by atoms with Crippen LogP contribution in [-0.4, -0.2) is 34.8 Å². The van der Waals surface area contributed by atoms with Gasteiger partial charge >= 0.3 is 0 Å². The molecule has 0 spiro atoms. The highest BCUT2D eigenvalue weighted by Gasteiger charge is 2.16. The van der Waals surface area contributed by atoms with Crippen molar-refractivity contribution in [3.8, 4) is 0 Å². The van der Waals surface area contributed by atoms with E-state index in [1.165, 1.54) is 6.42 Å². The molecule has 1 aromatic heterocycles. The third kappa shape index (κ3) is 2.96. The van der Waals surface area contributed by atoms with Gasteiger partial charge in [-0.15, -0.1) is 12.4 Å². The summed E-state index contributed by atoms with van der Waals surface area (Å²) >= 11 is 0. The summed E-state index contributed by atoms with van der Waals surface area (Å²) in [4.78, 5) is 11.7. The number of halogens is 1. The van der Waals surface area contributed by atoms with Crippen LogP contribution in [0.2, 0.25) is 0 Å². The standard InChI is InChI=1S/C10H16N4O.ClH/c1-14-9(4-6-13-14)10(15)12-7-8-3-2-5-11-8;/h4,6,8,11H,2-3,5,7H2,1H3,(H,12,15);1H. The summed E-state index contributed by atoms with van der Waals surface area (Å²) in [6, 6.07) is 2.15. The highest BCUT2D eigenvalue weighted by atomic mass is 35.5. The zero-order valence-electron chi connectivity index (χ0n) is 9.27. The molecule has 1 unspecified atom stereocenters. The molecule has 1 saturated heterocycles. The van der Waals surface area contributed by atoms with Crippen LogP contribution in [-0.2, 0) is 7.05 Å². The van der Waals surface area contributed by atoms with Gasteiger partial charge < -0.3 is 10.6 Å². The summed E-state index contributed by atoms with van der Waals surface area (Å²) in [5.41, 5.74) is 0.605. The molecule has 2 heterocycles. The summed E-state index contributed by atoms with van der Waals surface area (Å²) in [7, 11) is 1.77. The fraction of sp³-hybridized carbons (Fsp3) is 0.600. The first-order chi connectivity index (χ1) is 7.27. The van der Waals surface area contributed by atoms with E-state index >= 15 is 0 Å². The van der Waals surface area contributed by atoms with Crippen molar-refractivity contribution in [2.75, 3.05) is 13.1 Å². The Hall–Kier alpha value is -1.07. The third-order valence-electron chi connectivity index (χ3n) is 2.72. The van der Waals surface area contributed by atoms with Gasteiger partial charge in [-0.1, -0.05) is 0 Å². The molecule has 5 nitrogen and oxygen atoms in total. The lowest BCUT2D eigenvalue weighted by molar-refractivity contribution is 0.0941. The number of carbonyl (C=O) groups is 1. The number of aryl methyl sites for hydroxylation is 1. The Bertz CT molecular complexity index is 346. The average molecular weight is 245 g/mol. The van der Waals surface area contributed by atoms with Gasteiger partial charge in [-0.3, -0.25) is 9.48 Å². The van der Waals surface area contributed by atoms with Crippen LogP contribution in [0.4, 0.5) is 0 Å². The number of hydrogen-bond acceptors (Lipinski definition) is 3. The van der Waals surface area contributed by atoms with Crippen LogP contribution in [0.15, 0.2) is 12.3 Å². The molecule has 16 heavy (non-hydrogen) atoms. The first-order valence-electron chi connectivity index (χ1n) is 5.27. The van der Waals surface area contributed by atoms with Crippen LogP contribution < -0.4 is 10.6 Å². The van der Waals surface area contributed by atoms with Crippen molar-refractivity contribution in [1.82, 2.24) is 20.4 Å². The van der Waals surface area contributed by atoms with E-state index in [0.717, 1.165) is 13.0 Å². The van der Waals surface area contributed by atoms with Gasteiger partial charge in [0.15, 0.2) is 0 Å². The van der Waals surface area contributed by atoms with Crippen molar-refractivity contribution in [3.05, 3.63) is 18.0 Å². The maximum atomic E-state index is 11.7. The van der Waals surface area contributed by atoms with E-state index in [-0.39, 0.29) is 18.3 Å². The number of nitrogens with one attached hydrogen (secondary N) is 2. The van der Waals surface area contributed by atoms with Crippen LogP contribution in [0.5, 0.6) is 0 Å². The SMILES string of the molecule is Cl.Cn1nccc1C(=O)NCC1CCCN1. The van der Waals surface area contributed by atoms with Gasteiger partial charge in [0, 0.05) is 25.8 Å². The molecule has 0 aliphatic carbocycles. The average Bonchev–Trinajstić information content (AvgIpc) is 2.84. The first kappa shape index (κ1) is 13.0. The van der Waals surface area contributed by atoms with Crippen LogP contribution in [0.25, 0.3) is 0 Å². The van der Waals surface area contributed by atoms with Gasteiger partial charge in [-0.05, 0) is 25.5 Å². The second-order valence-electron chi connectivity index (χ2n) is 3.84. The molecular formula is C10H17ClN4O. The summed E-state index contributed by atoms with van der Waals surface area (Å²) in [6.07, 6.45) is 3.97. The largest absolute Gasteiger partial charge is 0.349 e. The molecule has 0 aromatic carbocycles. The van der Waals surface area contributed by atoms with Gasteiger partial charge in [0.2, 0.25) is 0 Å². The maximum Gasteiger partial charge on any atom is 0.269 e. The molecule has 2 rings (SSSR count). The van der Waals surface area contributed by atoms with Gasteiger partial charge in [0.05, 0.1) is 0 Å². The summed E-state index contributed by atoms with van der Waals surface area (Å²) < 4.78 is 1.58. The molecule has 6 heteroatoms. The third-order valence-corrected chi connectivity index (χ3v) is 2.72. The smallest absolute Gasteiger partial charge is 0.269 e. The Morgan fingerprint density at radius 3 is 3.12 bits per heavy atom. The van der Waals surface area contributed by atoms with Crippen molar-refractivity contribution in [2.24, 2.45) is 7.05 Å². The van der Waals surface area contributed by atoms with Crippen LogP contribution in [0.1, 0.15) is 23.3 Å². The minimum Gasteiger partial charge on any atom is -0.349 e. The van der Waals surface area contributed by atoms with Crippen molar-refractivity contribution in [1.29, 1.82) is 0 Å². The van der Waals surface area contributed by atoms with Crippen molar-refractivity contribution in [2.45, 2.75) is 18.9 Å². The minimum atomic E-state index is -0.0521. The van der Waals surface area contributed by atoms with Gasteiger partial charge in [-0.25, -0.2) is 0 Å². The molecule has 1 atom stereocenters. The van der Waals surface area contributed by atoms with E-state index in [4.69, 9.17) is 0 Å². The highest BCUT2D eigenvalue weighted by molar-refractivity contribution is 5.92. The summed E-state index contributed by atoms with van der Waals surface area (Å²) in [5, 5.41) is 10.2. The minimum absolute atomic E-state index is 0. The first-order valence-corrected chi connectivity index (χ1v) is 5.27. The molecular weight excluding hydrogens is 228 g/mol. The fourth-order valence-electron chi connectivity index (χ4n) is 1.83. The Morgan fingerprint density at radius 1 is 1.75 bits per heavy atom. The number of nitrogens with zero attached hydrogens (tertiary/aromatic N) is 2. The monoisotopic (exact) mass is 244 g/mol. The topological polar surface area (TPSA) is 59.0 Å². The lowest BCUT2D eigenvalue weighted by atomic mass is 10.2. The number of rotatable bonds is 3. The van der Waals surface area contributed by atoms with Gasteiger partial charge in [0.25, 0.3) is 5.91 Å². The number of carbonyl (C=O) groups excluding carboxylic acids is 1. The lowest BCUT2D eigenvalue weighted by Crippen LogP contribution is -2.37. The normalized spacial score (nSPS) is 19.2. The van der Waals surface area contributed by atoms with Crippen molar-refractivity contribution >= 4 is 18.3 Å². The Labute approximate surface area is 101 Å². The predicted molar refractivity (Wildman–Crippen MR) is 63.8 cm³/mol. The zero-order valence-corrected chi connectivity index (χ0v) is 10.1. The molecule has 0 saturated carbocycles. The molecule has 1 aliphatic heterocycles. The highest BCUT2D eigenvalue weighted by Crippen LogP contribution is 2.03. The maximum absolute atomic E-state index is 11.7. The van der Waals surface area contributed by atoms with E-state index in [9.17, 15) is 4.79 Å². The number of hydrogen-bond donors (Lipinski definition) is 2. The van der Waals surface area contributed by atoms with E-state index in [0.29, 0.717) is 18.3 Å². The van der Waals surface area contributed by atoms with Crippen LogP contribution in [0, 0.1) is 0 Å². The summed E-state index contributed by atoms with van der Waals surface area (Å²) in [6.45, 7) is 1.76. The van der Waals surface area contributed by atoms with Crippen molar-refractivity contribution < 1.29 is 4.79 Å². The van der Waals surface area contributed by atoms with E-state index in [2.05, 4.69) is 15.7 Å². The molecule has 1 fully saturated rings. The van der Waals surface area contributed by atoms with Crippen LogP contribution in [0.3, 0.4) is 0 Å². The van der Waals surface area contributed by atoms with Crippen LogP contribution >= 0.6 is 12.4 Å². The molecule has 0 radical (unpaired) electrons. The Kier molecular flexibility index (Phi) is 4.76. The molecule has 2 N–H and O–H groups in total. The molecule has 90 valence electrons. The number of aromatic nitrogens is 2. The second kappa shape index (κ2) is 5.86. The molecule has 1 aromatic rings. The van der Waals surface area contributed by atoms with Gasteiger partial charge in [-0.2, -0.15) is 5.10 Å². The summed E-state index contributed by atoms with van der Waals surface area (Å²) in [5.74, 6) is -0.0521. The predicted octanol–water partition coefficient (Wildman–Crippen LogP) is 0.324. The second-order valence-corrected chi connectivity index (χ2v) is 3.84. The lowest BCUT2D eigenvalue weighted by Gasteiger charge is -2.11. The van der Waals surface area contributed by atoms with Gasteiger partial charge in [0.1, 0.15) is 5.69 Å². The Morgan fingerprint density at radius 2 is 2.56 bits per heavy atom. The quantitative estimate of drug-likeness (QED) is 0.806.